The lowest BCUT2D eigenvalue weighted by Crippen LogP contribution is -2.51. The number of hydrogen-bond acceptors (Lipinski definition) is 3. The predicted octanol–water partition coefficient (Wildman–Crippen LogP) is 3.17. The first-order valence-electron chi connectivity index (χ1n) is 7.21. The lowest BCUT2D eigenvalue weighted by Gasteiger charge is -2.33. The molecule has 2 rings (SSSR count). The van der Waals surface area contributed by atoms with E-state index in [0.29, 0.717) is 17.3 Å². The standard InChI is InChI=1S/C16H19ClN2O3/c1-3-4-9-22-15(20)13-10(2)18-16(21)19-14(13)11-5-7-12(17)8-6-11/h5-8,13-14H,2-4,9H2,1H3,(H2,18,19,21)/t13-,14-/m0/s1. The van der Waals surface area contributed by atoms with Gasteiger partial charge in [0.25, 0.3) is 0 Å². The van der Waals surface area contributed by atoms with Crippen molar-refractivity contribution in [2.45, 2.75) is 25.8 Å². The van der Waals surface area contributed by atoms with E-state index in [1.54, 1.807) is 24.3 Å². The minimum Gasteiger partial charge on any atom is -0.465 e. The van der Waals surface area contributed by atoms with Gasteiger partial charge in [0.15, 0.2) is 0 Å². The number of ether oxygens (including phenoxy) is 1. The Balaban J connectivity index is 2.21. The Morgan fingerprint density at radius 2 is 2.05 bits per heavy atom. The fraction of sp³-hybridized carbons (Fsp3) is 0.375. The lowest BCUT2D eigenvalue weighted by molar-refractivity contribution is -0.148. The number of carbonyl (C=O) groups is 2. The molecule has 1 aliphatic rings. The topological polar surface area (TPSA) is 67.4 Å². The van der Waals surface area contributed by atoms with Crippen molar-refractivity contribution >= 4 is 23.6 Å². The minimum absolute atomic E-state index is 0.338. The second-order valence-electron chi connectivity index (χ2n) is 5.15. The van der Waals surface area contributed by atoms with Crippen LogP contribution in [0.3, 0.4) is 0 Å². The first kappa shape index (κ1) is 16.4. The molecule has 1 aromatic carbocycles. The minimum atomic E-state index is -0.671. The van der Waals surface area contributed by atoms with Gasteiger partial charge in [-0.05, 0) is 24.1 Å². The van der Waals surface area contributed by atoms with Crippen LogP contribution in [-0.4, -0.2) is 18.6 Å². The highest BCUT2D eigenvalue weighted by Crippen LogP contribution is 2.31. The van der Waals surface area contributed by atoms with E-state index in [9.17, 15) is 9.59 Å². The molecule has 0 spiro atoms. The van der Waals surface area contributed by atoms with Gasteiger partial charge in [-0.1, -0.05) is 43.7 Å². The average molecular weight is 323 g/mol. The normalized spacial score (nSPS) is 21.0. The molecule has 22 heavy (non-hydrogen) atoms. The van der Waals surface area contributed by atoms with E-state index in [2.05, 4.69) is 17.2 Å². The highest BCUT2D eigenvalue weighted by atomic mass is 35.5. The molecular formula is C16H19ClN2O3. The number of esters is 1. The van der Waals surface area contributed by atoms with Crippen LogP contribution in [0.15, 0.2) is 36.5 Å². The van der Waals surface area contributed by atoms with Gasteiger partial charge < -0.3 is 15.4 Å². The number of urea groups is 1. The fourth-order valence-electron chi connectivity index (χ4n) is 2.32. The second kappa shape index (κ2) is 7.31. The van der Waals surface area contributed by atoms with E-state index in [-0.39, 0.29) is 6.03 Å². The molecule has 118 valence electrons. The largest absolute Gasteiger partial charge is 0.465 e. The number of nitrogens with one attached hydrogen (secondary N) is 2. The molecule has 1 saturated heterocycles. The summed E-state index contributed by atoms with van der Waals surface area (Å²) in [7, 11) is 0. The maximum atomic E-state index is 12.3. The van der Waals surface area contributed by atoms with E-state index in [4.69, 9.17) is 16.3 Å². The van der Waals surface area contributed by atoms with Crippen LogP contribution in [0.1, 0.15) is 31.4 Å². The third-order valence-corrected chi connectivity index (χ3v) is 3.75. The van der Waals surface area contributed by atoms with Crippen LogP contribution < -0.4 is 10.6 Å². The van der Waals surface area contributed by atoms with Gasteiger partial charge in [0, 0.05) is 10.7 Å². The van der Waals surface area contributed by atoms with E-state index >= 15 is 0 Å². The van der Waals surface area contributed by atoms with Crippen LogP contribution in [0.25, 0.3) is 0 Å². The number of hydrogen-bond donors (Lipinski definition) is 2. The van der Waals surface area contributed by atoms with Crippen molar-refractivity contribution in [3.8, 4) is 0 Å². The molecule has 0 radical (unpaired) electrons. The molecule has 2 N–H and O–H groups in total. The quantitative estimate of drug-likeness (QED) is 0.646. The summed E-state index contributed by atoms with van der Waals surface area (Å²) in [6.07, 6.45) is 1.74. The summed E-state index contributed by atoms with van der Waals surface area (Å²) in [6, 6.07) is 6.08. The zero-order chi connectivity index (χ0) is 16.1. The van der Waals surface area contributed by atoms with Gasteiger partial charge in [0.2, 0.25) is 0 Å². The Labute approximate surface area is 134 Å². The Bertz CT molecular complexity index is 571. The number of benzene rings is 1. The summed E-state index contributed by atoms with van der Waals surface area (Å²) >= 11 is 5.88. The molecule has 0 saturated carbocycles. The number of halogens is 1. The number of rotatable bonds is 5. The summed E-state index contributed by atoms with van der Waals surface area (Å²) in [6.45, 7) is 6.17. The van der Waals surface area contributed by atoms with Crippen molar-refractivity contribution in [2.75, 3.05) is 6.61 Å². The van der Waals surface area contributed by atoms with Crippen molar-refractivity contribution in [1.82, 2.24) is 10.6 Å². The van der Waals surface area contributed by atoms with Gasteiger partial charge in [-0.2, -0.15) is 0 Å². The summed E-state index contributed by atoms with van der Waals surface area (Å²) < 4.78 is 5.29. The van der Waals surface area contributed by atoms with Crippen LogP contribution in [0.4, 0.5) is 4.79 Å². The maximum Gasteiger partial charge on any atom is 0.319 e. The molecule has 5 nitrogen and oxygen atoms in total. The second-order valence-corrected chi connectivity index (χ2v) is 5.59. The summed E-state index contributed by atoms with van der Waals surface area (Å²) in [5.74, 6) is -1.07. The third-order valence-electron chi connectivity index (χ3n) is 3.49. The van der Waals surface area contributed by atoms with Crippen molar-refractivity contribution in [2.24, 2.45) is 5.92 Å². The number of carbonyl (C=O) groups excluding carboxylic acids is 2. The third kappa shape index (κ3) is 3.80. The summed E-state index contributed by atoms with van der Waals surface area (Å²) in [5, 5.41) is 5.88. The molecule has 1 heterocycles. The molecule has 0 aliphatic carbocycles. The maximum absolute atomic E-state index is 12.3. The molecule has 0 aromatic heterocycles. The highest BCUT2D eigenvalue weighted by Gasteiger charge is 2.38. The molecule has 6 heteroatoms. The Kier molecular flexibility index (Phi) is 5.44. The van der Waals surface area contributed by atoms with Gasteiger partial charge in [-0.15, -0.1) is 0 Å². The van der Waals surface area contributed by atoms with E-state index in [1.807, 2.05) is 6.92 Å². The molecule has 1 fully saturated rings. The molecule has 1 aromatic rings. The fourth-order valence-corrected chi connectivity index (χ4v) is 2.44. The van der Waals surface area contributed by atoms with Crippen LogP contribution in [0, 0.1) is 5.92 Å². The summed E-state index contributed by atoms with van der Waals surface area (Å²) in [5.41, 5.74) is 1.11. The molecule has 0 bridgehead atoms. The van der Waals surface area contributed by atoms with Gasteiger partial charge in [0.05, 0.1) is 12.6 Å². The summed E-state index contributed by atoms with van der Waals surface area (Å²) in [4.78, 5) is 24.0. The monoisotopic (exact) mass is 322 g/mol. The Morgan fingerprint density at radius 3 is 2.68 bits per heavy atom. The smallest absolute Gasteiger partial charge is 0.319 e. The molecule has 2 atom stereocenters. The molecule has 1 aliphatic heterocycles. The van der Waals surface area contributed by atoms with Crippen LogP contribution in [0.5, 0.6) is 0 Å². The lowest BCUT2D eigenvalue weighted by atomic mass is 9.89. The van der Waals surface area contributed by atoms with Crippen molar-refractivity contribution in [3.63, 3.8) is 0 Å². The van der Waals surface area contributed by atoms with Crippen molar-refractivity contribution < 1.29 is 14.3 Å². The van der Waals surface area contributed by atoms with Gasteiger partial charge in [-0.25, -0.2) is 4.79 Å². The molecular weight excluding hydrogens is 304 g/mol. The van der Waals surface area contributed by atoms with Crippen LogP contribution >= 0.6 is 11.6 Å². The zero-order valence-electron chi connectivity index (χ0n) is 12.4. The van der Waals surface area contributed by atoms with Gasteiger partial charge in [-0.3, -0.25) is 4.79 Å². The zero-order valence-corrected chi connectivity index (χ0v) is 13.2. The van der Waals surface area contributed by atoms with Crippen molar-refractivity contribution in [1.29, 1.82) is 0 Å². The van der Waals surface area contributed by atoms with Gasteiger partial charge >= 0.3 is 12.0 Å². The first-order chi connectivity index (χ1) is 10.5. The van der Waals surface area contributed by atoms with Gasteiger partial charge in [0.1, 0.15) is 5.92 Å². The van der Waals surface area contributed by atoms with Crippen LogP contribution in [0.2, 0.25) is 5.02 Å². The number of amides is 2. The number of unbranched alkanes of at least 4 members (excludes halogenated alkanes) is 1. The van der Waals surface area contributed by atoms with Crippen molar-refractivity contribution in [3.05, 3.63) is 47.1 Å². The van der Waals surface area contributed by atoms with E-state index in [1.165, 1.54) is 0 Å². The Hall–Kier alpha value is -2.01. The molecule has 0 unspecified atom stereocenters. The highest BCUT2D eigenvalue weighted by molar-refractivity contribution is 6.30. The SMILES string of the molecule is C=C1NC(=O)N[C@@H](c2ccc(Cl)cc2)[C@H]1C(=O)OCCCC. The Morgan fingerprint density at radius 1 is 1.36 bits per heavy atom. The predicted molar refractivity (Wildman–Crippen MR) is 84.4 cm³/mol. The average Bonchev–Trinajstić information content (AvgIpc) is 2.47. The van der Waals surface area contributed by atoms with Crippen LogP contribution in [-0.2, 0) is 9.53 Å². The molecule has 2 amide bonds. The van der Waals surface area contributed by atoms with E-state index < -0.39 is 17.9 Å². The first-order valence-corrected chi connectivity index (χ1v) is 7.59. The van der Waals surface area contributed by atoms with E-state index in [0.717, 1.165) is 18.4 Å².